The highest BCUT2D eigenvalue weighted by Crippen LogP contribution is 2.26. The van der Waals surface area contributed by atoms with Crippen LogP contribution < -0.4 is 15.5 Å². The summed E-state index contributed by atoms with van der Waals surface area (Å²) in [6.07, 6.45) is 1.46. The monoisotopic (exact) mass is 517 g/mol. The summed E-state index contributed by atoms with van der Waals surface area (Å²) < 4.78 is 6.20. The third kappa shape index (κ3) is 5.79. The van der Waals surface area contributed by atoms with Crippen LogP contribution >= 0.6 is 15.9 Å². The summed E-state index contributed by atoms with van der Waals surface area (Å²) in [5.41, 5.74) is 3.94. The van der Waals surface area contributed by atoms with Crippen LogP contribution in [0.2, 0.25) is 0 Å². The summed E-state index contributed by atoms with van der Waals surface area (Å²) >= 11 is 3.42. The summed E-state index contributed by atoms with van der Waals surface area (Å²) in [5.74, 6) is -0.427. The van der Waals surface area contributed by atoms with E-state index in [1.807, 2.05) is 42.5 Å². The van der Waals surface area contributed by atoms with Gasteiger partial charge in [0.1, 0.15) is 11.5 Å². The van der Waals surface area contributed by atoms with Gasteiger partial charge in [0.15, 0.2) is 6.61 Å². The lowest BCUT2D eigenvalue weighted by molar-refractivity contribution is -0.118. The number of ether oxygens (including phenoxy) is 1. The average molecular weight is 518 g/mol. The molecule has 0 aliphatic heterocycles. The number of hydrogen-bond acceptors (Lipinski definition) is 5. The first kappa shape index (κ1) is 23.0. The van der Waals surface area contributed by atoms with E-state index in [2.05, 4.69) is 31.8 Å². The number of para-hydroxylation sites is 1. The van der Waals surface area contributed by atoms with Gasteiger partial charge in [-0.05, 0) is 74.7 Å². The summed E-state index contributed by atoms with van der Waals surface area (Å²) in [7, 11) is 0. The first-order valence-electron chi connectivity index (χ1n) is 10.3. The van der Waals surface area contributed by atoms with Gasteiger partial charge in [0.25, 0.3) is 11.8 Å². The minimum atomic E-state index is -0.525. The fourth-order valence-corrected chi connectivity index (χ4v) is 3.72. The van der Waals surface area contributed by atoms with Crippen LogP contribution in [0.3, 0.4) is 0 Å². The number of amides is 2. The number of halogens is 1. The molecule has 0 radical (unpaired) electrons. The number of phenolic OH excluding ortho intramolecular Hbond substituents is 1. The number of benzene rings is 4. The highest BCUT2D eigenvalue weighted by molar-refractivity contribution is 9.10. The van der Waals surface area contributed by atoms with E-state index in [0.717, 1.165) is 10.8 Å². The lowest BCUT2D eigenvalue weighted by Gasteiger charge is -2.09. The van der Waals surface area contributed by atoms with Crippen LogP contribution in [-0.2, 0) is 4.79 Å². The Morgan fingerprint density at radius 1 is 0.941 bits per heavy atom. The second kappa shape index (κ2) is 10.6. The molecule has 0 aromatic heterocycles. The van der Waals surface area contributed by atoms with E-state index in [9.17, 15) is 14.7 Å². The van der Waals surface area contributed by atoms with Crippen molar-refractivity contribution < 1.29 is 19.4 Å². The van der Waals surface area contributed by atoms with E-state index in [4.69, 9.17) is 4.74 Å². The van der Waals surface area contributed by atoms with Crippen molar-refractivity contribution in [3.63, 3.8) is 0 Å². The van der Waals surface area contributed by atoms with Gasteiger partial charge in [0, 0.05) is 5.69 Å². The van der Waals surface area contributed by atoms with Crippen LogP contribution in [0.15, 0.2) is 94.5 Å². The standard InChI is InChI=1S/C26H20BrN3O4/c27-22-12-17(10-11-24(22)34-16-25(32)29-20-8-2-1-3-9-20)15-28-30-26(33)21-13-18-6-4-5-7-19(18)14-23(21)31/h1-15,31H,16H2,(H,29,32)(H,30,33). The lowest BCUT2D eigenvalue weighted by atomic mass is 10.1. The van der Waals surface area contributed by atoms with Gasteiger partial charge in [-0.1, -0.05) is 42.5 Å². The molecule has 0 spiro atoms. The molecule has 0 bridgehead atoms. The second-order valence-electron chi connectivity index (χ2n) is 7.31. The van der Waals surface area contributed by atoms with E-state index in [1.165, 1.54) is 6.21 Å². The molecule has 0 atom stereocenters. The average Bonchev–Trinajstić information content (AvgIpc) is 2.83. The predicted molar refractivity (Wildman–Crippen MR) is 135 cm³/mol. The Labute approximate surface area is 204 Å². The zero-order valence-corrected chi connectivity index (χ0v) is 19.5. The zero-order valence-electron chi connectivity index (χ0n) is 17.9. The minimum absolute atomic E-state index is 0.119. The molecule has 7 nitrogen and oxygen atoms in total. The molecule has 2 amide bonds. The number of carbonyl (C=O) groups excluding carboxylic acids is 2. The van der Waals surface area contributed by atoms with Crippen molar-refractivity contribution in [3.05, 3.63) is 101 Å². The number of fused-ring (bicyclic) bond motifs is 1. The third-order valence-electron chi connectivity index (χ3n) is 4.86. The van der Waals surface area contributed by atoms with Crippen molar-refractivity contribution in [1.82, 2.24) is 5.43 Å². The van der Waals surface area contributed by atoms with Gasteiger partial charge in [0.2, 0.25) is 0 Å². The number of rotatable bonds is 7. The smallest absolute Gasteiger partial charge is 0.275 e. The molecule has 8 heteroatoms. The summed E-state index contributed by atoms with van der Waals surface area (Å²) in [6, 6.07) is 24.9. The Morgan fingerprint density at radius 3 is 2.38 bits per heavy atom. The molecule has 4 aromatic rings. The van der Waals surface area contributed by atoms with E-state index >= 15 is 0 Å². The maximum absolute atomic E-state index is 12.4. The molecule has 0 fully saturated rings. The molecule has 3 N–H and O–H groups in total. The van der Waals surface area contributed by atoms with Crippen molar-refractivity contribution in [2.75, 3.05) is 11.9 Å². The molecule has 34 heavy (non-hydrogen) atoms. The van der Waals surface area contributed by atoms with E-state index in [-0.39, 0.29) is 23.8 Å². The van der Waals surface area contributed by atoms with Crippen molar-refractivity contribution in [2.24, 2.45) is 5.10 Å². The van der Waals surface area contributed by atoms with Crippen LogP contribution in [0, 0.1) is 0 Å². The highest BCUT2D eigenvalue weighted by Gasteiger charge is 2.12. The van der Waals surface area contributed by atoms with Crippen molar-refractivity contribution in [2.45, 2.75) is 0 Å². The maximum atomic E-state index is 12.4. The Balaban J connectivity index is 1.34. The van der Waals surface area contributed by atoms with Gasteiger partial charge < -0.3 is 15.2 Å². The number of aromatic hydroxyl groups is 1. The Bertz CT molecular complexity index is 1370. The second-order valence-corrected chi connectivity index (χ2v) is 8.16. The van der Waals surface area contributed by atoms with Crippen LogP contribution in [-0.4, -0.2) is 29.7 Å². The fourth-order valence-electron chi connectivity index (χ4n) is 3.21. The third-order valence-corrected chi connectivity index (χ3v) is 5.48. The molecular weight excluding hydrogens is 498 g/mol. The van der Waals surface area contributed by atoms with Crippen LogP contribution in [0.5, 0.6) is 11.5 Å². The summed E-state index contributed by atoms with van der Waals surface area (Å²) in [4.78, 5) is 24.5. The molecule has 0 saturated carbocycles. The number of hydrazone groups is 1. The van der Waals surface area contributed by atoms with Gasteiger partial charge in [-0.25, -0.2) is 5.43 Å². The summed E-state index contributed by atoms with van der Waals surface area (Å²) in [5, 5.41) is 18.6. The van der Waals surface area contributed by atoms with E-state index < -0.39 is 5.91 Å². The topological polar surface area (TPSA) is 100 Å². The lowest BCUT2D eigenvalue weighted by Crippen LogP contribution is -2.20. The Kier molecular flexibility index (Phi) is 7.19. The predicted octanol–water partition coefficient (Wildman–Crippen LogP) is 5.09. The number of nitrogens with one attached hydrogen (secondary N) is 2. The molecular formula is C26H20BrN3O4. The number of hydrogen-bond donors (Lipinski definition) is 3. The molecule has 0 heterocycles. The number of carbonyl (C=O) groups is 2. The van der Waals surface area contributed by atoms with Crippen molar-refractivity contribution in [1.29, 1.82) is 0 Å². The molecule has 170 valence electrons. The zero-order chi connectivity index (χ0) is 23.9. The van der Waals surface area contributed by atoms with Crippen LogP contribution in [0.25, 0.3) is 10.8 Å². The van der Waals surface area contributed by atoms with Gasteiger partial charge in [-0.15, -0.1) is 0 Å². The van der Waals surface area contributed by atoms with Gasteiger partial charge in [-0.3, -0.25) is 9.59 Å². The first-order valence-corrected chi connectivity index (χ1v) is 11.1. The molecule has 0 aliphatic carbocycles. The SMILES string of the molecule is O=C(COc1ccc(C=NNC(=O)c2cc3ccccc3cc2O)cc1Br)Nc1ccccc1. The largest absolute Gasteiger partial charge is 0.507 e. The number of phenols is 1. The van der Waals surface area contributed by atoms with Crippen molar-refractivity contribution in [3.8, 4) is 11.5 Å². The van der Waals surface area contributed by atoms with Crippen molar-refractivity contribution >= 4 is 50.4 Å². The molecule has 4 aromatic carbocycles. The summed E-state index contributed by atoms with van der Waals surface area (Å²) in [6.45, 7) is -0.147. The fraction of sp³-hybridized carbons (Fsp3) is 0.0385. The van der Waals surface area contributed by atoms with Gasteiger partial charge in [0.05, 0.1) is 16.3 Å². The number of nitrogens with zero attached hydrogens (tertiary/aromatic N) is 1. The van der Waals surface area contributed by atoms with Gasteiger partial charge >= 0.3 is 0 Å². The normalized spacial score (nSPS) is 10.9. The highest BCUT2D eigenvalue weighted by atomic mass is 79.9. The quantitative estimate of drug-likeness (QED) is 0.235. The Hall–Kier alpha value is -4.17. The van der Waals surface area contributed by atoms with Crippen LogP contribution in [0.4, 0.5) is 5.69 Å². The number of anilines is 1. The van der Waals surface area contributed by atoms with E-state index in [0.29, 0.717) is 21.5 Å². The molecule has 0 unspecified atom stereocenters. The van der Waals surface area contributed by atoms with Gasteiger partial charge in [-0.2, -0.15) is 5.10 Å². The molecule has 4 rings (SSSR count). The Morgan fingerprint density at radius 2 is 1.65 bits per heavy atom. The first-order chi connectivity index (χ1) is 16.5. The molecule has 0 aliphatic rings. The maximum Gasteiger partial charge on any atom is 0.275 e. The minimum Gasteiger partial charge on any atom is -0.507 e. The van der Waals surface area contributed by atoms with Crippen LogP contribution in [0.1, 0.15) is 15.9 Å². The van der Waals surface area contributed by atoms with E-state index in [1.54, 1.807) is 42.5 Å². The molecule has 0 saturated heterocycles.